The Labute approximate surface area is 109 Å². The quantitative estimate of drug-likeness (QED) is 0.789. The van der Waals surface area contributed by atoms with Crippen molar-refractivity contribution in [2.45, 2.75) is 50.9 Å². The Morgan fingerprint density at radius 1 is 1.37 bits per heavy atom. The van der Waals surface area contributed by atoms with Crippen LogP contribution in [-0.2, 0) is 9.59 Å². The number of alkyl halides is 3. The molecule has 2 heterocycles. The molecule has 4 nitrogen and oxygen atoms in total. The molecule has 0 saturated carbocycles. The van der Waals surface area contributed by atoms with E-state index in [9.17, 15) is 22.8 Å². The Bertz CT molecular complexity index is 406. The fraction of sp³-hybridized carbons (Fsp3) is 0.833. The third kappa shape index (κ3) is 2.42. The zero-order chi connectivity index (χ0) is 14.4. The smallest absolute Gasteiger partial charge is 0.344 e. The molecule has 0 aromatic rings. The number of amides is 2. The number of nitrogens with zero attached hydrogens (tertiary/aromatic N) is 1. The van der Waals surface area contributed by atoms with Gasteiger partial charge in [0.15, 0.2) is 0 Å². The lowest BCUT2D eigenvalue weighted by Gasteiger charge is -2.37. The summed E-state index contributed by atoms with van der Waals surface area (Å²) in [6.07, 6.45) is -3.77. The van der Waals surface area contributed by atoms with E-state index in [-0.39, 0.29) is 25.3 Å². The van der Waals surface area contributed by atoms with Gasteiger partial charge >= 0.3 is 6.18 Å². The Hall–Kier alpha value is -1.27. The average Bonchev–Trinajstić information content (AvgIpc) is 2.79. The number of nitrogens with one attached hydrogen (secondary N) is 1. The van der Waals surface area contributed by atoms with Crippen molar-refractivity contribution in [2.24, 2.45) is 5.92 Å². The molecule has 108 valence electrons. The van der Waals surface area contributed by atoms with Gasteiger partial charge in [0.05, 0.1) is 5.92 Å². The van der Waals surface area contributed by atoms with Gasteiger partial charge in [-0.3, -0.25) is 9.59 Å². The van der Waals surface area contributed by atoms with E-state index in [0.717, 1.165) is 0 Å². The summed E-state index contributed by atoms with van der Waals surface area (Å²) in [5, 5.41) is 2.51. The van der Waals surface area contributed by atoms with Gasteiger partial charge in [-0.05, 0) is 26.7 Å². The van der Waals surface area contributed by atoms with E-state index in [1.807, 2.05) is 0 Å². The minimum absolute atomic E-state index is 0.0804. The third-order valence-corrected chi connectivity index (χ3v) is 4.14. The second-order valence-electron chi connectivity index (χ2n) is 5.69. The molecule has 0 aromatic carbocycles. The van der Waals surface area contributed by atoms with Crippen LogP contribution in [0, 0.1) is 5.92 Å². The van der Waals surface area contributed by atoms with Gasteiger partial charge in [-0.25, -0.2) is 0 Å². The average molecular weight is 278 g/mol. The zero-order valence-corrected chi connectivity index (χ0v) is 10.9. The van der Waals surface area contributed by atoms with Gasteiger partial charge in [0.25, 0.3) is 0 Å². The van der Waals surface area contributed by atoms with Crippen molar-refractivity contribution in [1.29, 1.82) is 0 Å². The first kappa shape index (κ1) is 14.1. The summed E-state index contributed by atoms with van der Waals surface area (Å²) in [6, 6.07) is -0.668. The molecular formula is C12H17F3N2O2. The van der Waals surface area contributed by atoms with Crippen LogP contribution < -0.4 is 5.32 Å². The molecule has 2 atom stereocenters. The summed E-state index contributed by atoms with van der Waals surface area (Å²) in [5.41, 5.74) is -1.26. The monoisotopic (exact) mass is 278 g/mol. The van der Waals surface area contributed by atoms with Crippen molar-refractivity contribution in [1.82, 2.24) is 10.2 Å². The van der Waals surface area contributed by atoms with Gasteiger partial charge in [-0.1, -0.05) is 0 Å². The van der Waals surface area contributed by atoms with Gasteiger partial charge in [0.2, 0.25) is 11.8 Å². The lowest BCUT2D eigenvalue weighted by Crippen LogP contribution is -2.54. The van der Waals surface area contributed by atoms with Crippen LogP contribution in [0.3, 0.4) is 0 Å². The second-order valence-corrected chi connectivity index (χ2v) is 5.69. The van der Waals surface area contributed by atoms with Crippen molar-refractivity contribution in [3.8, 4) is 0 Å². The Balaban J connectivity index is 2.14. The lowest BCUT2D eigenvalue weighted by molar-refractivity contribution is -0.192. The Morgan fingerprint density at radius 3 is 2.42 bits per heavy atom. The predicted octanol–water partition coefficient (Wildman–Crippen LogP) is 1.45. The highest BCUT2D eigenvalue weighted by Crippen LogP contribution is 2.45. The molecule has 2 fully saturated rings. The van der Waals surface area contributed by atoms with Gasteiger partial charge < -0.3 is 10.2 Å². The normalized spacial score (nSPS) is 30.6. The van der Waals surface area contributed by atoms with Gasteiger partial charge in [0, 0.05) is 18.5 Å². The van der Waals surface area contributed by atoms with Crippen LogP contribution >= 0.6 is 0 Å². The van der Waals surface area contributed by atoms with Crippen molar-refractivity contribution in [3.05, 3.63) is 0 Å². The second kappa shape index (κ2) is 4.38. The minimum atomic E-state index is -4.31. The first-order valence-corrected chi connectivity index (χ1v) is 6.31. The van der Waals surface area contributed by atoms with Crippen molar-refractivity contribution in [3.63, 3.8) is 0 Å². The number of likely N-dealkylation sites (tertiary alicyclic amines) is 1. The van der Waals surface area contributed by atoms with E-state index in [2.05, 4.69) is 5.32 Å². The highest BCUT2D eigenvalue weighted by molar-refractivity contribution is 5.91. The van der Waals surface area contributed by atoms with E-state index in [0.29, 0.717) is 6.42 Å². The number of halogens is 3. The molecule has 0 aliphatic carbocycles. The van der Waals surface area contributed by atoms with E-state index in [1.54, 1.807) is 0 Å². The summed E-state index contributed by atoms with van der Waals surface area (Å²) in [5.74, 6) is -2.13. The fourth-order valence-electron chi connectivity index (χ4n) is 3.03. The first-order valence-electron chi connectivity index (χ1n) is 6.31. The van der Waals surface area contributed by atoms with Gasteiger partial charge in [-0.15, -0.1) is 0 Å². The number of hydrogen-bond acceptors (Lipinski definition) is 2. The van der Waals surface area contributed by atoms with E-state index < -0.39 is 29.6 Å². The molecule has 2 aliphatic rings. The van der Waals surface area contributed by atoms with E-state index in [4.69, 9.17) is 0 Å². The van der Waals surface area contributed by atoms with Crippen molar-refractivity contribution in [2.75, 3.05) is 6.54 Å². The highest BCUT2D eigenvalue weighted by atomic mass is 19.4. The number of hydrogen-bond donors (Lipinski definition) is 1. The topological polar surface area (TPSA) is 49.4 Å². The van der Waals surface area contributed by atoms with Crippen LogP contribution in [0.5, 0.6) is 0 Å². The molecule has 0 aromatic heterocycles. The molecule has 19 heavy (non-hydrogen) atoms. The molecule has 2 rings (SSSR count). The van der Waals surface area contributed by atoms with Crippen LogP contribution in [0.15, 0.2) is 0 Å². The zero-order valence-electron chi connectivity index (χ0n) is 10.9. The molecule has 7 heteroatoms. The van der Waals surface area contributed by atoms with E-state index >= 15 is 0 Å². The standard InChI is InChI=1S/C12H17F3N2O2/c1-11(2)8(12(13,14)15)5-6-17(11)10(19)7-3-4-9(18)16-7/h7-8H,3-6H2,1-2H3,(H,16,18)/t7-,8+/m1/s1. The molecule has 0 unspecified atom stereocenters. The lowest BCUT2D eigenvalue weighted by atomic mass is 9.87. The SMILES string of the molecule is CC1(C)[C@@H](C(F)(F)F)CCN1C(=O)[C@H]1CCC(=O)N1. The van der Waals surface area contributed by atoms with Crippen LogP contribution in [0.2, 0.25) is 0 Å². The fourth-order valence-corrected chi connectivity index (χ4v) is 3.03. The van der Waals surface area contributed by atoms with Crippen LogP contribution in [0.25, 0.3) is 0 Å². The van der Waals surface area contributed by atoms with Crippen molar-refractivity contribution < 1.29 is 22.8 Å². The number of rotatable bonds is 1. The van der Waals surface area contributed by atoms with Crippen LogP contribution in [-0.4, -0.2) is 41.0 Å². The largest absolute Gasteiger partial charge is 0.394 e. The molecule has 0 radical (unpaired) electrons. The predicted molar refractivity (Wildman–Crippen MR) is 61.1 cm³/mol. The first-order chi connectivity index (χ1) is 8.64. The summed E-state index contributed by atoms with van der Waals surface area (Å²) >= 11 is 0. The highest BCUT2D eigenvalue weighted by Gasteiger charge is 2.56. The molecule has 0 spiro atoms. The maximum atomic E-state index is 12.9. The van der Waals surface area contributed by atoms with Crippen molar-refractivity contribution >= 4 is 11.8 Å². The molecule has 2 aliphatic heterocycles. The van der Waals surface area contributed by atoms with Crippen LogP contribution in [0.1, 0.15) is 33.1 Å². The molecule has 1 N–H and O–H groups in total. The number of carbonyl (C=O) groups is 2. The molecular weight excluding hydrogens is 261 g/mol. The van der Waals surface area contributed by atoms with Gasteiger partial charge in [-0.2, -0.15) is 13.2 Å². The summed E-state index contributed by atoms with van der Waals surface area (Å²) in [7, 11) is 0. The summed E-state index contributed by atoms with van der Waals surface area (Å²) < 4.78 is 38.8. The Kier molecular flexibility index (Phi) is 3.26. The summed E-state index contributed by atoms with van der Waals surface area (Å²) in [6.45, 7) is 2.96. The molecule has 2 saturated heterocycles. The van der Waals surface area contributed by atoms with E-state index in [1.165, 1.54) is 18.7 Å². The van der Waals surface area contributed by atoms with Gasteiger partial charge in [0.1, 0.15) is 6.04 Å². The maximum Gasteiger partial charge on any atom is 0.394 e. The molecule has 0 bridgehead atoms. The summed E-state index contributed by atoms with van der Waals surface area (Å²) in [4.78, 5) is 24.6. The minimum Gasteiger partial charge on any atom is -0.344 e. The number of carbonyl (C=O) groups excluding carboxylic acids is 2. The Morgan fingerprint density at radius 2 is 2.00 bits per heavy atom. The maximum absolute atomic E-state index is 12.9. The third-order valence-electron chi connectivity index (χ3n) is 4.14. The van der Waals surface area contributed by atoms with Crippen LogP contribution in [0.4, 0.5) is 13.2 Å². The molecule has 2 amide bonds.